The van der Waals surface area contributed by atoms with E-state index in [2.05, 4.69) is 101 Å². The molecule has 1 aliphatic heterocycles. The normalized spacial score (nSPS) is 15.1. The van der Waals surface area contributed by atoms with Crippen LogP contribution in [0.4, 0.5) is 40.8 Å². The highest BCUT2D eigenvalue weighted by Gasteiger charge is 2.52. The average molecular weight is 1660 g/mol. The monoisotopic (exact) mass is 1660 g/mol. The van der Waals surface area contributed by atoms with Gasteiger partial charge in [-0.3, -0.25) is 29.5 Å². The zero-order chi connectivity index (χ0) is 77.7. The molecule has 4 saturated carbocycles. The van der Waals surface area contributed by atoms with Crippen LogP contribution in [0, 0.1) is 23.3 Å². The van der Waals surface area contributed by atoms with Crippen LogP contribution in [0.1, 0.15) is 146 Å². The first-order valence-electron chi connectivity index (χ1n) is 34.4. The fourth-order valence-electron chi connectivity index (χ4n) is 10.9. The molecule has 0 atom stereocenters. The summed E-state index contributed by atoms with van der Waals surface area (Å²) in [6, 6.07) is 6.34. The third-order valence-corrected chi connectivity index (χ3v) is 21.7. The summed E-state index contributed by atoms with van der Waals surface area (Å²) in [5.41, 5.74) is 24.6. The predicted octanol–water partition coefficient (Wildman–Crippen LogP) is 14.4. The van der Waals surface area contributed by atoms with Gasteiger partial charge >= 0.3 is 7.12 Å². The molecule has 0 spiro atoms. The van der Waals surface area contributed by atoms with Crippen LogP contribution < -0.4 is 28.1 Å². The van der Waals surface area contributed by atoms with Crippen molar-refractivity contribution in [1.29, 1.82) is 0 Å². The maximum atomic E-state index is 13.8. The SMILES string of the molecule is Brc1cn(-c2nccs2)nc1C1CC1.CC1(C)OB(c2cnc(N)cn2)OC1(C)C.Nc1cnc(-c2cn(-c3nccs3)nc2C2CC2)cn1.Nc1cnc(-c2cn(-c3nccs3)nc2C2CC2)cn1.O=C(Cl)c1c(F)cccc1F.O=C(Nc1cnc(-c2cn(-c3nccs3)nc2C2CC2)cn1)c1c(F)cccc1F. The first kappa shape index (κ1) is 76.9. The Morgan fingerprint density at radius 1 is 0.468 bits per heavy atom. The molecular weight excluding hydrogens is 1600 g/mol. The number of nitrogen functional groups attached to an aromatic ring is 3. The summed E-state index contributed by atoms with van der Waals surface area (Å²) in [5, 5.41) is 30.9. The molecule has 39 heteroatoms. The van der Waals surface area contributed by atoms with Gasteiger partial charge in [-0.25, -0.2) is 76.2 Å². The summed E-state index contributed by atoms with van der Waals surface area (Å²) in [5.74, 6) is -1.25. The van der Waals surface area contributed by atoms with E-state index in [1.165, 1.54) is 80.2 Å². The lowest BCUT2D eigenvalue weighted by Gasteiger charge is -2.32. The molecule has 7 N–H and O–H groups in total. The quantitative estimate of drug-likeness (QED) is 0.0421. The molecule has 2 aromatic carbocycles. The van der Waals surface area contributed by atoms with Crippen LogP contribution in [0.2, 0.25) is 0 Å². The summed E-state index contributed by atoms with van der Waals surface area (Å²) >= 11 is 14.6. The van der Waals surface area contributed by atoms with E-state index in [9.17, 15) is 27.2 Å². The van der Waals surface area contributed by atoms with E-state index in [-0.39, 0.29) is 17.0 Å². The van der Waals surface area contributed by atoms with Crippen LogP contribution in [0.25, 0.3) is 54.3 Å². The second-order valence-corrected chi connectivity index (χ2v) is 31.3. The number of hydrogen-bond donors (Lipinski definition) is 4. The lowest BCUT2D eigenvalue weighted by atomic mass is 9.85. The van der Waals surface area contributed by atoms with Gasteiger partial charge in [-0.05, 0) is 131 Å². The lowest BCUT2D eigenvalue weighted by Crippen LogP contribution is -2.41. The molecule has 14 aromatic rings. The van der Waals surface area contributed by atoms with Gasteiger partial charge in [0.1, 0.15) is 51.8 Å². The van der Waals surface area contributed by atoms with Gasteiger partial charge in [0, 0.05) is 118 Å². The van der Waals surface area contributed by atoms with E-state index in [1.807, 2.05) is 88.0 Å². The number of thiazole rings is 4. The van der Waals surface area contributed by atoms with Crippen LogP contribution in [-0.4, -0.2) is 128 Å². The number of benzene rings is 2. The zero-order valence-corrected chi connectivity index (χ0v) is 64.9. The number of nitrogens with zero attached hydrogens (tertiary/aromatic N) is 20. The summed E-state index contributed by atoms with van der Waals surface area (Å²) in [4.78, 5) is 73.3. The van der Waals surface area contributed by atoms with Gasteiger partial charge in [-0.15, -0.1) is 45.3 Å². The Morgan fingerprint density at radius 3 is 1.13 bits per heavy atom. The molecule has 111 heavy (non-hydrogen) atoms. The van der Waals surface area contributed by atoms with Crippen molar-refractivity contribution in [3.63, 3.8) is 0 Å². The molecule has 12 aromatic heterocycles. The van der Waals surface area contributed by atoms with E-state index < -0.39 is 52.7 Å². The zero-order valence-electron chi connectivity index (χ0n) is 59.3. The fourth-order valence-corrected chi connectivity index (χ4v) is 14.0. The first-order chi connectivity index (χ1) is 53.5. The van der Waals surface area contributed by atoms with E-state index in [0.717, 1.165) is 113 Å². The van der Waals surface area contributed by atoms with Crippen molar-refractivity contribution >= 4 is 120 Å². The molecule has 0 bridgehead atoms. The molecule has 1 amide bonds. The summed E-state index contributed by atoms with van der Waals surface area (Å²) in [6.45, 7) is 7.99. The van der Waals surface area contributed by atoms with Gasteiger partial charge in [0.15, 0.2) is 5.82 Å². The third kappa shape index (κ3) is 18.6. The van der Waals surface area contributed by atoms with Gasteiger partial charge in [0.25, 0.3) is 11.1 Å². The largest absolute Gasteiger partial charge is 0.516 e. The number of amides is 1. The number of anilines is 4. The van der Waals surface area contributed by atoms with Gasteiger partial charge in [-0.2, -0.15) is 20.4 Å². The fraction of sp³-hybridized carbons (Fsp3) is 0.250. The van der Waals surface area contributed by atoms with Crippen LogP contribution in [0.5, 0.6) is 0 Å². The average Bonchev–Trinajstić information content (AvgIpc) is 1.65. The Hall–Kier alpha value is -10.9. The number of aromatic nitrogens is 20. The second kappa shape index (κ2) is 33.4. The number of nitrogens with two attached hydrogens (primary N) is 3. The minimum atomic E-state index is -1.12. The molecule has 1 saturated heterocycles. The van der Waals surface area contributed by atoms with Crippen molar-refractivity contribution in [2.45, 2.75) is 114 Å². The molecule has 566 valence electrons. The number of carbonyl (C=O) groups excluding carboxylic acids is 2. The Balaban J connectivity index is 0.000000114. The topological polar surface area (TPSA) is 369 Å². The van der Waals surface area contributed by atoms with Gasteiger partial charge in [0.2, 0.25) is 20.5 Å². The molecule has 13 heterocycles. The third-order valence-electron chi connectivity index (χ3n) is 17.8. The molecule has 0 radical (unpaired) electrons. The van der Waals surface area contributed by atoms with Crippen molar-refractivity contribution in [1.82, 2.24) is 98.9 Å². The maximum absolute atomic E-state index is 13.8. The molecule has 19 rings (SSSR count). The van der Waals surface area contributed by atoms with Gasteiger partial charge in [-0.1, -0.05) is 12.1 Å². The van der Waals surface area contributed by atoms with E-state index >= 15 is 0 Å². The van der Waals surface area contributed by atoms with Crippen LogP contribution >= 0.6 is 72.9 Å². The lowest BCUT2D eigenvalue weighted by molar-refractivity contribution is 0.00578. The Bertz CT molecular complexity index is 5330. The molecule has 28 nitrogen and oxygen atoms in total. The highest BCUT2D eigenvalue weighted by molar-refractivity contribution is 9.10. The highest BCUT2D eigenvalue weighted by Crippen LogP contribution is 2.47. The smallest absolute Gasteiger partial charge is 0.398 e. The highest BCUT2D eigenvalue weighted by atomic mass is 79.9. The molecular formula is C72H65BBrClF4N24O4S4. The molecule has 4 aliphatic carbocycles. The number of nitrogens with one attached hydrogen (secondary N) is 1. The van der Waals surface area contributed by atoms with Crippen LogP contribution in [0.15, 0.2) is 162 Å². The molecule has 0 unspecified atom stereocenters. The number of halogens is 6. The Morgan fingerprint density at radius 2 is 0.811 bits per heavy atom. The second-order valence-electron chi connectivity index (χ2n) is 26.6. The van der Waals surface area contributed by atoms with Crippen molar-refractivity contribution in [3.05, 3.63) is 219 Å². The van der Waals surface area contributed by atoms with Gasteiger partial charge in [0.05, 0.1) is 105 Å². The van der Waals surface area contributed by atoms with E-state index in [0.29, 0.717) is 52.4 Å². The van der Waals surface area contributed by atoms with E-state index in [4.69, 9.17) is 38.1 Å². The minimum absolute atomic E-state index is 0.0895. The minimum Gasteiger partial charge on any atom is -0.398 e. The van der Waals surface area contributed by atoms with Gasteiger partial charge < -0.3 is 31.8 Å². The summed E-state index contributed by atoms with van der Waals surface area (Å²) < 4.78 is 72.7. The number of hydrogen-bond acceptors (Lipinski definition) is 27. The Kier molecular flexibility index (Phi) is 23.1. The van der Waals surface area contributed by atoms with Crippen LogP contribution in [0.3, 0.4) is 0 Å². The maximum Gasteiger partial charge on any atom is 0.516 e. The molecule has 5 aliphatic rings. The first-order valence-corrected chi connectivity index (χ1v) is 39.1. The van der Waals surface area contributed by atoms with Crippen molar-refractivity contribution in [2.75, 3.05) is 22.5 Å². The van der Waals surface area contributed by atoms with Crippen molar-refractivity contribution < 1.29 is 36.5 Å². The standard InChI is InChI=1S/C20H14F2N6OS.2C13H12N6S.C10H16BN3O2.C9H8BrN3S.C7H3ClF2O/c21-13-2-1-3-14(22)17(13)19(29)26-16-9-24-15(8-25-16)12-10-28(20-23-6-7-30-20)27-18(12)11-4-5-11;2*14-11-6-16-10(5-17-11)9-7-19(13-15-3-4-20-13)18-12(9)8-1-2-8;1-9(2)10(3,4)16-11(15-9)7-5-14-8(12)6-13-7;10-7-5-13(9-11-3-4-14-9)12-8(7)6-1-2-6;8-7(11)6-4(9)2-1-3-5(6)10/h1-3,6-11H,4-5H2,(H,25,26,29);2*3-8H,1-2H2,(H2,14,17);5-6H,1-4H3,(H2,12,14);3-6H,1-2H2;1-3H. The summed E-state index contributed by atoms with van der Waals surface area (Å²) in [6.07, 6.45) is 36.8. The predicted molar refractivity (Wildman–Crippen MR) is 417 cm³/mol. The Labute approximate surface area is 660 Å². The number of rotatable bonds is 15. The van der Waals surface area contributed by atoms with Crippen molar-refractivity contribution in [3.8, 4) is 54.3 Å². The number of carbonyl (C=O) groups is 2. The summed E-state index contributed by atoms with van der Waals surface area (Å²) in [7, 11) is -0.474. The molecule has 5 fully saturated rings. The van der Waals surface area contributed by atoms with Crippen molar-refractivity contribution in [2.24, 2.45) is 0 Å². The van der Waals surface area contributed by atoms with E-state index in [1.54, 1.807) is 94.5 Å². The van der Waals surface area contributed by atoms with Crippen LogP contribution in [-0.2, 0) is 9.31 Å².